The first-order chi connectivity index (χ1) is 9.29. The van der Waals surface area contributed by atoms with Crippen LogP contribution in [0.1, 0.15) is 17.0 Å². The normalized spacial score (nSPS) is 12.5. The van der Waals surface area contributed by atoms with Gasteiger partial charge in [-0.3, -0.25) is 0 Å². The van der Waals surface area contributed by atoms with Gasteiger partial charge < -0.3 is 4.98 Å². The first-order valence-corrected chi connectivity index (χ1v) is 6.23. The van der Waals surface area contributed by atoms with Crippen molar-refractivity contribution in [3.05, 3.63) is 84.3 Å². The van der Waals surface area contributed by atoms with Gasteiger partial charge in [-0.2, -0.15) is 0 Å². The lowest BCUT2D eigenvalue weighted by Gasteiger charge is -2.12. The minimum absolute atomic E-state index is 0.0664. The largest absolute Gasteiger partial charge is 0.361 e. The van der Waals surface area contributed by atoms with E-state index in [0.29, 0.717) is 0 Å². The second kappa shape index (κ2) is 4.73. The summed E-state index contributed by atoms with van der Waals surface area (Å²) in [5.41, 5.74) is 3.15. The zero-order valence-corrected chi connectivity index (χ0v) is 10.4. The molecule has 1 atom stereocenters. The number of fused-ring (bicyclic) bond motifs is 1. The monoisotopic (exact) mass is 251 g/mol. The summed E-state index contributed by atoms with van der Waals surface area (Å²) in [4.78, 5) is 3.19. The maximum atomic E-state index is 13.4. The molecule has 0 saturated carbocycles. The van der Waals surface area contributed by atoms with E-state index < -0.39 is 0 Å². The quantitative estimate of drug-likeness (QED) is 0.653. The Hall–Kier alpha value is -2.35. The zero-order chi connectivity index (χ0) is 13.2. The molecule has 0 bridgehead atoms. The number of rotatable bonds is 3. The van der Waals surface area contributed by atoms with E-state index in [4.69, 9.17) is 0 Å². The molecule has 1 heterocycles. The third-order valence-electron chi connectivity index (χ3n) is 3.41. The lowest BCUT2D eigenvalue weighted by molar-refractivity contribution is 0.629. The van der Waals surface area contributed by atoms with E-state index in [2.05, 4.69) is 23.7 Å². The number of halogens is 1. The molecular weight excluding hydrogens is 237 g/mol. The molecule has 1 nitrogen and oxygen atoms in total. The van der Waals surface area contributed by atoms with Crippen LogP contribution in [0.3, 0.4) is 0 Å². The van der Waals surface area contributed by atoms with Gasteiger partial charge in [-0.05, 0) is 29.3 Å². The van der Waals surface area contributed by atoms with Crippen LogP contribution < -0.4 is 0 Å². The fraction of sp³-hybridized carbons (Fsp3) is 0.0588. The Morgan fingerprint density at radius 3 is 2.63 bits per heavy atom. The SMILES string of the molecule is C=CC(c1ccccc1)c1c[nH]c2ccc(F)cc12. The molecule has 0 radical (unpaired) electrons. The Bertz CT molecular complexity index is 712. The van der Waals surface area contributed by atoms with Crippen molar-refractivity contribution in [3.63, 3.8) is 0 Å². The molecular formula is C17H14FN. The fourth-order valence-corrected chi connectivity index (χ4v) is 2.47. The van der Waals surface area contributed by atoms with Crippen LogP contribution in [-0.4, -0.2) is 4.98 Å². The third kappa shape index (κ3) is 2.06. The second-order valence-corrected chi connectivity index (χ2v) is 4.56. The van der Waals surface area contributed by atoms with Crippen LogP contribution in [0.5, 0.6) is 0 Å². The first kappa shape index (κ1) is 11.7. The van der Waals surface area contributed by atoms with Crippen LogP contribution in [0.15, 0.2) is 67.4 Å². The summed E-state index contributed by atoms with van der Waals surface area (Å²) in [5, 5.41) is 0.911. The van der Waals surface area contributed by atoms with E-state index in [-0.39, 0.29) is 11.7 Å². The molecule has 1 aromatic heterocycles. The van der Waals surface area contributed by atoms with Crippen LogP contribution in [0.25, 0.3) is 10.9 Å². The minimum atomic E-state index is -0.218. The lowest BCUT2D eigenvalue weighted by Crippen LogP contribution is -1.96. The molecule has 1 N–H and O–H groups in total. The summed E-state index contributed by atoms with van der Waals surface area (Å²) in [6.45, 7) is 3.91. The summed E-state index contributed by atoms with van der Waals surface area (Å²) in [6.07, 6.45) is 3.83. The average Bonchev–Trinajstić information content (AvgIpc) is 2.84. The van der Waals surface area contributed by atoms with Crippen molar-refractivity contribution in [2.24, 2.45) is 0 Å². The molecule has 1 unspecified atom stereocenters. The highest BCUT2D eigenvalue weighted by atomic mass is 19.1. The Labute approximate surface area is 111 Å². The number of hydrogen-bond donors (Lipinski definition) is 1. The third-order valence-corrected chi connectivity index (χ3v) is 3.41. The summed E-state index contributed by atoms with van der Waals surface area (Å²) in [5.74, 6) is -0.152. The molecule has 0 fully saturated rings. The van der Waals surface area contributed by atoms with E-state index in [1.54, 1.807) is 12.1 Å². The van der Waals surface area contributed by atoms with Gasteiger partial charge in [-0.1, -0.05) is 36.4 Å². The number of hydrogen-bond acceptors (Lipinski definition) is 0. The van der Waals surface area contributed by atoms with E-state index in [9.17, 15) is 4.39 Å². The van der Waals surface area contributed by atoms with Crippen LogP contribution in [0.2, 0.25) is 0 Å². The van der Waals surface area contributed by atoms with Gasteiger partial charge in [0.25, 0.3) is 0 Å². The molecule has 0 spiro atoms. The van der Waals surface area contributed by atoms with Gasteiger partial charge in [-0.25, -0.2) is 4.39 Å². The smallest absolute Gasteiger partial charge is 0.123 e. The second-order valence-electron chi connectivity index (χ2n) is 4.56. The van der Waals surface area contributed by atoms with Gasteiger partial charge in [0.15, 0.2) is 0 Å². The molecule has 94 valence electrons. The van der Waals surface area contributed by atoms with E-state index >= 15 is 0 Å². The van der Waals surface area contributed by atoms with E-state index in [0.717, 1.165) is 22.0 Å². The van der Waals surface area contributed by atoms with Crippen LogP contribution in [-0.2, 0) is 0 Å². The Balaban J connectivity index is 2.17. The molecule has 19 heavy (non-hydrogen) atoms. The van der Waals surface area contributed by atoms with Crippen LogP contribution in [0, 0.1) is 5.82 Å². The molecule has 0 aliphatic heterocycles. The maximum Gasteiger partial charge on any atom is 0.123 e. The standard InChI is InChI=1S/C17H14FN/c1-2-14(12-6-4-3-5-7-12)16-11-19-17-9-8-13(18)10-15(16)17/h2-11,14,19H,1H2. The molecule has 2 heteroatoms. The predicted molar refractivity (Wildman–Crippen MR) is 76.7 cm³/mol. The van der Waals surface area contributed by atoms with Crippen LogP contribution in [0.4, 0.5) is 4.39 Å². The Morgan fingerprint density at radius 2 is 1.89 bits per heavy atom. The highest BCUT2D eigenvalue weighted by Gasteiger charge is 2.15. The Morgan fingerprint density at radius 1 is 1.11 bits per heavy atom. The number of allylic oxidation sites excluding steroid dienone is 1. The fourth-order valence-electron chi connectivity index (χ4n) is 2.47. The molecule has 3 rings (SSSR count). The first-order valence-electron chi connectivity index (χ1n) is 6.23. The highest BCUT2D eigenvalue weighted by Crippen LogP contribution is 2.31. The summed E-state index contributed by atoms with van der Waals surface area (Å²) in [6, 6.07) is 14.9. The van der Waals surface area contributed by atoms with Crippen molar-refractivity contribution in [1.29, 1.82) is 0 Å². The van der Waals surface area contributed by atoms with Crippen molar-refractivity contribution in [3.8, 4) is 0 Å². The van der Waals surface area contributed by atoms with Crippen molar-refractivity contribution >= 4 is 10.9 Å². The van der Waals surface area contributed by atoms with Gasteiger partial charge in [-0.15, -0.1) is 6.58 Å². The minimum Gasteiger partial charge on any atom is -0.361 e. The number of aromatic nitrogens is 1. The van der Waals surface area contributed by atoms with Gasteiger partial charge >= 0.3 is 0 Å². The summed E-state index contributed by atoms with van der Waals surface area (Å²) < 4.78 is 13.4. The van der Waals surface area contributed by atoms with Gasteiger partial charge in [0, 0.05) is 23.0 Å². The molecule has 0 amide bonds. The number of H-pyrrole nitrogens is 1. The number of aromatic amines is 1. The molecule has 3 aromatic rings. The molecule has 0 aliphatic rings. The van der Waals surface area contributed by atoms with Crippen molar-refractivity contribution < 1.29 is 4.39 Å². The number of benzene rings is 2. The Kier molecular flexibility index (Phi) is 2.92. The summed E-state index contributed by atoms with van der Waals surface area (Å²) >= 11 is 0. The van der Waals surface area contributed by atoms with Crippen molar-refractivity contribution in [1.82, 2.24) is 4.98 Å². The predicted octanol–water partition coefficient (Wildman–Crippen LogP) is 4.62. The van der Waals surface area contributed by atoms with Gasteiger partial charge in [0.2, 0.25) is 0 Å². The lowest BCUT2D eigenvalue weighted by atomic mass is 9.91. The van der Waals surface area contributed by atoms with Crippen molar-refractivity contribution in [2.75, 3.05) is 0 Å². The van der Waals surface area contributed by atoms with Crippen molar-refractivity contribution in [2.45, 2.75) is 5.92 Å². The van der Waals surface area contributed by atoms with E-state index in [1.807, 2.05) is 30.5 Å². The number of nitrogens with one attached hydrogen (secondary N) is 1. The van der Waals surface area contributed by atoms with Gasteiger partial charge in [0.05, 0.1) is 0 Å². The average molecular weight is 251 g/mol. The maximum absolute atomic E-state index is 13.4. The zero-order valence-electron chi connectivity index (χ0n) is 10.4. The van der Waals surface area contributed by atoms with E-state index in [1.165, 1.54) is 6.07 Å². The molecule has 0 aliphatic carbocycles. The summed E-state index contributed by atoms with van der Waals surface area (Å²) in [7, 11) is 0. The topological polar surface area (TPSA) is 15.8 Å². The van der Waals surface area contributed by atoms with Gasteiger partial charge in [0.1, 0.15) is 5.82 Å². The molecule has 2 aromatic carbocycles. The van der Waals surface area contributed by atoms with Crippen LogP contribution >= 0.6 is 0 Å². The highest BCUT2D eigenvalue weighted by molar-refractivity contribution is 5.84. The molecule has 0 saturated heterocycles.